The van der Waals surface area contributed by atoms with Gasteiger partial charge in [-0.05, 0) is 86.6 Å². The maximum atomic E-state index is 6.37. The van der Waals surface area contributed by atoms with E-state index in [0.29, 0.717) is 0 Å². The smallest absolute Gasteiger partial charge is 0.136 e. The maximum Gasteiger partial charge on any atom is 0.136 e. The van der Waals surface area contributed by atoms with Gasteiger partial charge in [0, 0.05) is 27.6 Å². The van der Waals surface area contributed by atoms with E-state index in [4.69, 9.17) is 4.42 Å². The SMILES string of the molecule is c1ccc(-c2ccc(-c3ccc(N(c4ccccc4-c4ccc5ccccc5c4)c4ccccc4-c4cccc5oc6ccccc6c45)cc3)cc2)cc1. The van der Waals surface area contributed by atoms with Gasteiger partial charge in [-0.15, -0.1) is 0 Å². The van der Waals surface area contributed by atoms with E-state index in [1.54, 1.807) is 0 Å². The molecule has 2 heteroatoms. The summed E-state index contributed by atoms with van der Waals surface area (Å²) in [5, 5.41) is 4.69. The molecule has 0 N–H and O–H groups in total. The molecule has 0 amide bonds. The summed E-state index contributed by atoms with van der Waals surface area (Å²) in [5.74, 6) is 0. The predicted octanol–water partition coefficient (Wildman–Crippen LogP) is 14.9. The lowest BCUT2D eigenvalue weighted by molar-refractivity contribution is 0.669. The Morgan fingerprint density at radius 2 is 0.833 bits per heavy atom. The van der Waals surface area contributed by atoms with E-state index >= 15 is 0 Å². The quantitative estimate of drug-likeness (QED) is 0.166. The molecule has 1 heterocycles. The van der Waals surface area contributed by atoms with E-state index in [2.05, 4.69) is 205 Å². The molecular weight excluding hydrogens is 655 g/mol. The average molecular weight is 690 g/mol. The number of rotatable bonds is 7. The third-order valence-electron chi connectivity index (χ3n) is 10.5. The normalized spacial score (nSPS) is 11.3. The number of hydrogen-bond acceptors (Lipinski definition) is 2. The monoisotopic (exact) mass is 689 g/mol. The van der Waals surface area contributed by atoms with Crippen LogP contribution in [-0.4, -0.2) is 0 Å². The zero-order chi connectivity index (χ0) is 35.8. The minimum atomic E-state index is 0.884. The van der Waals surface area contributed by atoms with Gasteiger partial charge in [-0.25, -0.2) is 0 Å². The minimum Gasteiger partial charge on any atom is -0.456 e. The molecular formula is C52H35NO. The number of nitrogens with zero attached hydrogens (tertiary/aromatic N) is 1. The molecule has 0 aliphatic rings. The first kappa shape index (κ1) is 31.6. The molecule has 10 rings (SSSR count). The van der Waals surface area contributed by atoms with Crippen molar-refractivity contribution in [1.29, 1.82) is 0 Å². The Labute approximate surface area is 314 Å². The van der Waals surface area contributed by atoms with Gasteiger partial charge in [0.1, 0.15) is 11.2 Å². The first-order valence-electron chi connectivity index (χ1n) is 18.4. The zero-order valence-corrected chi connectivity index (χ0v) is 29.6. The summed E-state index contributed by atoms with van der Waals surface area (Å²) in [5.41, 5.74) is 14.4. The molecule has 0 radical (unpaired) electrons. The first-order valence-corrected chi connectivity index (χ1v) is 18.4. The summed E-state index contributed by atoms with van der Waals surface area (Å²) in [6.45, 7) is 0. The van der Waals surface area contributed by atoms with Crippen molar-refractivity contribution in [3.63, 3.8) is 0 Å². The van der Waals surface area contributed by atoms with Crippen molar-refractivity contribution < 1.29 is 4.42 Å². The molecule has 0 atom stereocenters. The molecule has 0 fully saturated rings. The lowest BCUT2D eigenvalue weighted by atomic mass is 9.95. The number of para-hydroxylation sites is 3. The highest BCUT2D eigenvalue weighted by Gasteiger charge is 2.22. The van der Waals surface area contributed by atoms with E-state index in [0.717, 1.165) is 55.7 Å². The lowest BCUT2D eigenvalue weighted by Gasteiger charge is -2.30. The van der Waals surface area contributed by atoms with Crippen LogP contribution in [0.2, 0.25) is 0 Å². The van der Waals surface area contributed by atoms with E-state index in [-0.39, 0.29) is 0 Å². The zero-order valence-electron chi connectivity index (χ0n) is 29.6. The number of fused-ring (bicyclic) bond motifs is 4. The van der Waals surface area contributed by atoms with E-state index in [1.165, 1.54) is 38.6 Å². The van der Waals surface area contributed by atoms with Gasteiger partial charge >= 0.3 is 0 Å². The van der Waals surface area contributed by atoms with Crippen LogP contribution in [0.5, 0.6) is 0 Å². The Morgan fingerprint density at radius 1 is 0.315 bits per heavy atom. The standard InChI is InChI=1S/C52H35NO/c1-2-13-36(14-3-1)38-25-27-39(28-26-38)40-31-33-43(34-32-40)53(48-21-9-6-17-44(48)42-30-29-37-15-4-5-16-41(37)35-42)49-22-10-7-18-45(49)46-20-12-24-51-52(46)47-19-8-11-23-50(47)54-51/h1-35H. The summed E-state index contributed by atoms with van der Waals surface area (Å²) < 4.78 is 6.37. The highest BCUT2D eigenvalue weighted by Crippen LogP contribution is 2.47. The Morgan fingerprint density at radius 3 is 1.59 bits per heavy atom. The Hall–Kier alpha value is -7.16. The predicted molar refractivity (Wildman–Crippen MR) is 228 cm³/mol. The van der Waals surface area contributed by atoms with Crippen molar-refractivity contribution in [3.8, 4) is 44.5 Å². The number of furan rings is 1. The van der Waals surface area contributed by atoms with Gasteiger partial charge in [0.15, 0.2) is 0 Å². The van der Waals surface area contributed by atoms with Gasteiger partial charge in [-0.1, -0.05) is 170 Å². The summed E-state index contributed by atoms with van der Waals surface area (Å²) >= 11 is 0. The highest BCUT2D eigenvalue weighted by molar-refractivity contribution is 6.14. The molecule has 0 aliphatic carbocycles. The van der Waals surface area contributed by atoms with Crippen LogP contribution in [0.15, 0.2) is 217 Å². The molecule has 254 valence electrons. The van der Waals surface area contributed by atoms with Gasteiger partial charge < -0.3 is 9.32 Å². The van der Waals surface area contributed by atoms with E-state index in [1.807, 2.05) is 12.1 Å². The molecule has 0 aliphatic heterocycles. The molecule has 9 aromatic carbocycles. The van der Waals surface area contributed by atoms with Crippen molar-refractivity contribution in [2.75, 3.05) is 4.90 Å². The first-order chi connectivity index (χ1) is 26.8. The van der Waals surface area contributed by atoms with Crippen LogP contribution in [0.3, 0.4) is 0 Å². The third kappa shape index (κ3) is 5.62. The van der Waals surface area contributed by atoms with Gasteiger partial charge in [0.05, 0.1) is 11.4 Å². The van der Waals surface area contributed by atoms with Gasteiger partial charge in [0.25, 0.3) is 0 Å². The van der Waals surface area contributed by atoms with Crippen LogP contribution in [0.4, 0.5) is 17.1 Å². The highest BCUT2D eigenvalue weighted by atomic mass is 16.3. The molecule has 0 bridgehead atoms. The largest absolute Gasteiger partial charge is 0.456 e. The van der Waals surface area contributed by atoms with Crippen LogP contribution in [0.25, 0.3) is 77.2 Å². The molecule has 54 heavy (non-hydrogen) atoms. The second-order valence-corrected chi connectivity index (χ2v) is 13.7. The molecule has 0 unspecified atom stereocenters. The van der Waals surface area contributed by atoms with Crippen molar-refractivity contribution in [2.45, 2.75) is 0 Å². The van der Waals surface area contributed by atoms with Gasteiger partial charge in [-0.2, -0.15) is 0 Å². The summed E-state index contributed by atoms with van der Waals surface area (Å²) in [4.78, 5) is 2.42. The van der Waals surface area contributed by atoms with Crippen molar-refractivity contribution in [2.24, 2.45) is 0 Å². The van der Waals surface area contributed by atoms with Crippen LogP contribution in [0, 0.1) is 0 Å². The second kappa shape index (κ2) is 13.4. The summed E-state index contributed by atoms with van der Waals surface area (Å²) in [7, 11) is 0. The lowest BCUT2D eigenvalue weighted by Crippen LogP contribution is -2.12. The molecule has 0 spiro atoms. The Kier molecular flexibility index (Phi) is 7.85. The fourth-order valence-electron chi connectivity index (χ4n) is 7.86. The van der Waals surface area contributed by atoms with Crippen molar-refractivity contribution in [3.05, 3.63) is 212 Å². The molecule has 10 aromatic rings. The maximum absolute atomic E-state index is 6.37. The average Bonchev–Trinajstić information content (AvgIpc) is 3.64. The molecule has 0 saturated carbocycles. The number of benzene rings is 9. The summed E-state index contributed by atoms with van der Waals surface area (Å²) in [6, 6.07) is 75.9. The molecule has 1 aromatic heterocycles. The van der Waals surface area contributed by atoms with Crippen LogP contribution < -0.4 is 4.90 Å². The Balaban J connectivity index is 1.15. The fraction of sp³-hybridized carbons (Fsp3) is 0. The summed E-state index contributed by atoms with van der Waals surface area (Å²) in [6.07, 6.45) is 0. The molecule has 0 saturated heterocycles. The Bertz CT molecular complexity index is 2920. The van der Waals surface area contributed by atoms with Crippen LogP contribution in [0.1, 0.15) is 0 Å². The van der Waals surface area contributed by atoms with Gasteiger partial charge in [-0.3, -0.25) is 0 Å². The third-order valence-corrected chi connectivity index (χ3v) is 10.5. The molecule has 2 nitrogen and oxygen atoms in total. The number of hydrogen-bond donors (Lipinski definition) is 0. The van der Waals surface area contributed by atoms with Crippen LogP contribution >= 0.6 is 0 Å². The second-order valence-electron chi connectivity index (χ2n) is 13.7. The van der Waals surface area contributed by atoms with E-state index in [9.17, 15) is 0 Å². The minimum absolute atomic E-state index is 0.884. The van der Waals surface area contributed by atoms with Crippen molar-refractivity contribution >= 4 is 49.8 Å². The topological polar surface area (TPSA) is 16.4 Å². The number of anilines is 3. The van der Waals surface area contributed by atoms with Crippen molar-refractivity contribution in [1.82, 2.24) is 0 Å². The fourth-order valence-corrected chi connectivity index (χ4v) is 7.86. The van der Waals surface area contributed by atoms with E-state index < -0.39 is 0 Å². The van der Waals surface area contributed by atoms with Gasteiger partial charge in [0.2, 0.25) is 0 Å². The van der Waals surface area contributed by atoms with Crippen LogP contribution in [-0.2, 0) is 0 Å².